The van der Waals surface area contributed by atoms with Crippen LogP contribution in [0.25, 0.3) is 0 Å². The van der Waals surface area contributed by atoms with Gasteiger partial charge in [0.2, 0.25) is 0 Å². The minimum absolute atomic E-state index is 0.401. The lowest BCUT2D eigenvalue weighted by Gasteiger charge is -2.28. The topological polar surface area (TPSA) is 17.1 Å². The summed E-state index contributed by atoms with van der Waals surface area (Å²) in [6.07, 6.45) is 8.16. The van der Waals surface area contributed by atoms with E-state index in [0.717, 1.165) is 25.2 Å². The molecule has 1 nitrogen and oxygen atoms in total. The molecule has 1 aliphatic carbocycles. The highest BCUT2D eigenvalue weighted by atomic mass is 16.1. The van der Waals surface area contributed by atoms with Crippen LogP contribution in [-0.4, -0.2) is 5.78 Å². The molecule has 1 saturated carbocycles. The number of hydrogen-bond donors (Lipinski definition) is 0. The first kappa shape index (κ1) is 12.7. The van der Waals surface area contributed by atoms with Gasteiger partial charge < -0.3 is 0 Å². The van der Waals surface area contributed by atoms with Crippen molar-refractivity contribution >= 4 is 5.78 Å². The van der Waals surface area contributed by atoms with Crippen LogP contribution in [0.15, 0.2) is 0 Å². The van der Waals surface area contributed by atoms with Crippen molar-refractivity contribution in [3.8, 4) is 0 Å². The Bertz CT molecular complexity index is 198. The second kappa shape index (κ2) is 6.30. The van der Waals surface area contributed by atoms with Gasteiger partial charge in [0.25, 0.3) is 0 Å². The maximum atomic E-state index is 12.0. The van der Waals surface area contributed by atoms with Crippen LogP contribution in [0, 0.1) is 17.8 Å². The molecule has 0 aromatic heterocycles. The van der Waals surface area contributed by atoms with Crippen molar-refractivity contribution in [2.45, 2.75) is 65.7 Å². The second-order valence-electron chi connectivity index (χ2n) is 5.32. The van der Waals surface area contributed by atoms with Crippen LogP contribution in [0.3, 0.4) is 0 Å². The summed E-state index contributed by atoms with van der Waals surface area (Å²) in [6.45, 7) is 6.62. The molecule has 0 aromatic rings. The maximum Gasteiger partial charge on any atom is 0.136 e. The van der Waals surface area contributed by atoms with Gasteiger partial charge in [-0.3, -0.25) is 4.79 Å². The first-order valence-corrected chi connectivity index (χ1v) is 6.70. The van der Waals surface area contributed by atoms with Crippen molar-refractivity contribution in [1.29, 1.82) is 0 Å². The lowest BCUT2D eigenvalue weighted by atomic mass is 9.77. The summed E-state index contributed by atoms with van der Waals surface area (Å²) in [4.78, 5) is 12.0. The Hall–Kier alpha value is -0.330. The van der Waals surface area contributed by atoms with Gasteiger partial charge >= 0.3 is 0 Å². The number of carbonyl (C=O) groups excluding carboxylic acids is 1. The molecular formula is C14H26O. The third-order valence-corrected chi connectivity index (χ3v) is 4.06. The van der Waals surface area contributed by atoms with Crippen LogP contribution >= 0.6 is 0 Å². The molecule has 3 atom stereocenters. The Morgan fingerprint density at radius 2 is 2.07 bits per heavy atom. The second-order valence-corrected chi connectivity index (χ2v) is 5.32. The zero-order chi connectivity index (χ0) is 11.3. The molecule has 0 bridgehead atoms. The smallest absolute Gasteiger partial charge is 0.136 e. The molecule has 3 unspecified atom stereocenters. The first-order chi connectivity index (χ1) is 7.17. The lowest BCUT2D eigenvalue weighted by Crippen LogP contribution is -2.23. The number of hydrogen-bond acceptors (Lipinski definition) is 1. The number of ketones is 1. The van der Waals surface area contributed by atoms with Gasteiger partial charge in [0, 0.05) is 12.3 Å². The number of rotatable bonds is 5. The van der Waals surface area contributed by atoms with Crippen molar-refractivity contribution in [2.24, 2.45) is 17.8 Å². The molecule has 1 rings (SSSR count). The molecular weight excluding hydrogens is 184 g/mol. The van der Waals surface area contributed by atoms with E-state index < -0.39 is 0 Å². The molecule has 1 fully saturated rings. The van der Waals surface area contributed by atoms with E-state index in [2.05, 4.69) is 20.8 Å². The summed E-state index contributed by atoms with van der Waals surface area (Å²) in [5, 5.41) is 0. The Kier molecular flexibility index (Phi) is 5.35. The normalized spacial score (nSPS) is 28.7. The van der Waals surface area contributed by atoms with E-state index in [1.807, 2.05) is 0 Å². The van der Waals surface area contributed by atoms with Crippen molar-refractivity contribution < 1.29 is 4.79 Å². The maximum absolute atomic E-state index is 12.0. The fourth-order valence-electron chi connectivity index (χ4n) is 2.61. The lowest BCUT2D eigenvalue weighted by molar-refractivity contribution is -0.125. The van der Waals surface area contributed by atoms with E-state index in [9.17, 15) is 4.79 Å². The van der Waals surface area contributed by atoms with Crippen molar-refractivity contribution in [1.82, 2.24) is 0 Å². The highest BCUT2D eigenvalue weighted by molar-refractivity contribution is 5.81. The predicted molar refractivity (Wildman–Crippen MR) is 64.8 cm³/mol. The van der Waals surface area contributed by atoms with E-state index in [1.54, 1.807) is 0 Å². The molecule has 0 radical (unpaired) electrons. The summed E-state index contributed by atoms with van der Waals surface area (Å²) >= 11 is 0. The standard InChI is InChI=1S/C14H26O/c1-4-11(3)9-14(15)13-8-6-7-12(5-2)10-13/h11-13H,4-10H2,1-3H3. The average molecular weight is 210 g/mol. The van der Waals surface area contributed by atoms with Crippen LogP contribution in [0.4, 0.5) is 0 Å². The Morgan fingerprint density at radius 1 is 1.33 bits per heavy atom. The van der Waals surface area contributed by atoms with Crippen molar-refractivity contribution in [3.63, 3.8) is 0 Å². The van der Waals surface area contributed by atoms with Gasteiger partial charge in [-0.1, -0.05) is 46.5 Å². The van der Waals surface area contributed by atoms with Crippen LogP contribution in [-0.2, 0) is 4.79 Å². The Labute approximate surface area is 94.6 Å². The predicted octanol–water partition coefficient (Wildman–Crippen LogP) is 4.21. The molecule has 0 aromatic carbocycles. The summed E-state index contributed by atoms with van der Waals surface area (Å²) in [7, 11) is 0. The fourth-order valence-corrected chi connectivity index (χ4v) is 2.61. The van der Waals surface area contributed by atoms with Crippen LogP contribution in [0.2, 0.25) is 0 Å². The molecule has 0 amide bonds. The average Bonchev–Trinajstić information content (AvgIpc) is 2.28. The molecule has 0 spiro atoms. The highest BCUT2D eigenvalue weighted by Crippen LogP contribution is 2.32. The van der Waals surface area contributed by atoms with Gasteiger partial charge in [-0.15, -0.1) is 0 Å². The van der Waals surface area contributed by atoms with E-state index in [1.165, 1.54) is 25.7 Å². The zero-order valence-corrected chi connectivity index (χ0v) is 10.6. The molecule has 0 saturated heterocycles. The van der Waals surface area contributed by atoms with Crippen LogP contribution in [0.1, 0.15) is 65.7 Å². The third-order valence-electron chi connectivity index (χ3n) is 4.06. The monoisotopic (exact) mass is 210 g/mol. The quantitative estimate of drug-likeness (QED) is 0.664. The van der Waals surface area contributed by atoms with Gasteiger partial charge in [-0.2, -0.15) is 0 Å². The number of carbonyl (C=O) groups is 1. The van der Waals surface area contributed by atoms with Gasteiger partial charge in [0.05, 0.1) is 0 Å². The molecule has 0 aliphatic heterocycles. The minimum atomic E-state index is 0.401. The van der Waals surface area contributed by atoms with Gasteiger partial charge in [0.15, 0.2) is 0 Å². The zero-order valence-electron chi connectivity index (χ0n) is 10.6. The SMILES string of the molecule is CCC(C)CC(=O)C1CCCC(CC)C1. The minimum Gasteiger partial charge on any atom is -0.299 e. The fraction of sp³-hybridized carbons (Fsp3) is 0.929. The van der Waals surface area contributed by atoms with E-state index in [4.69, 9.17) is 0 Å². The summed E-state index contributed by atoms with van der Waals surface area (Å²) in [5.41, 5.74) is 0. The molecule has 0 heterocycles. The summed E-state index contributed by atoms with van der Waals surface area (Å²) in [6, 6.07) is 0. The largest absolute Gasteiger partial charge is 0.299 e. The van der Waals surface area contributed by atoms with Crippen LogP contribution in [0.5, 0.6) is 0 Å². The Balaban J connectivity index is 2.38. The van der Waals surface area contributed by atoms with E-state index >= 15 is 0 Å². The highest BCUT2D eigenvalue weighted by Gasteiger charge is 2.26. The molecule has 0 N–H and O–H groups in total. The van der Waals surface area contributed by atoms with Gasteiger partial charge in [0.1, 0.15) is 5.78 Å². The Morgan fingerprint density at radius 3 is 2.67 bits per heavy atom. The first-order valence-electron chi connectivity index (χ1n) is 6.70. The molecule has 88 valence electrons. The summed E-state index contributed by atoms with van der Waals surface area (Å²) in [5.74, 6) is 2.35. The molecule has 1 aliphatic rings. The molecule has 1 heteroatoms. The van der Waals surface area contributed by atoms with E-state index in [0.29, 0.717) is 17.6 Å². The van der Waals surface area contributed by atoms with E-state index in [-0.39, 0.29) is 0 Å². The summed E-state index contributed by atoms with van der Waals surface area (Å²) < 4.78 is 0. The van der Waals surface area contributed by atoms with Crippen LogP contribution < -0.4 is 0 Å². The molecule has 15 heavy (non-hydrogen) atoms. The van der Waals surface area contributed by atoms with Gasteiger partial charge in [-0.25, -0.2) is 0 Å². The number of Topliss-reactive ketones (excluding diaryl/α,β-unsaturated/α-hetero) is 1. The third kappa shape index (κ3) is 3.96. The van der Waals surface area contributed by atoms with Gasteiger partial charge in [-0.05, 0) is 24.7 Å². The van der Waals surface area contributed by atoms with Crippen molar-refractivity contribution in [2.75, 3.05) is 0 Å². The van der Waals surface area contributed by atoms with Crippen molar-refractivity contribution in [3.05, 3.63) is 0 Å².